The highest BCUT2D eigenvalue weighted by Gasteiger charge is 1.34. The van der Waals surface area contributed by atoms with Crippen molar-refractivity contribution in [3.8, 4) is 0 Å². The van der Waals surface area contributed by atoms with Crippen LogP contribution in [0.15, 0.2) is 12.2 Å². The molecule has 0 bridgehead atoms. The average Bonchev–Trinajstić information content (AvgIpc) is 1.37. The SMILES string of the molecule is CC=CC.S.S.S.S. The number of allylic oxidation sites excluding steroid dienone is 2. The van der Waals surface area contributed by atoms with Crippen molar-refractivity contribution in [2.24, 2.45) is 0 Å². The fraction of sp³-hybridized carbons (Fsp3) is 0.500. The van der Waals surface area contributed by atoms with Gasteiger partial charge >= 0.3 is 0 Å². The molecular weight excluding hydrogens is 176 g/mol. The predicted molar refractivity (Wildman–Crippen MR) is 62.0 cm³/mol. The van der Waals surface area contributed by atoms with Gasteiger partial charge in [-0.05, 0) is 13.8 Å². The second-order valence-corrected chi connectivity index (χ2v) is 0.667. The monoisotopic (exact) mass is 192 g/mol. The lowest BCUT2D eigenvalue weighted by atomic mass is 10.6. The molecule has 0 saturated heterocycles. The molecule has 0 aliphatic rings. The Hall–Kier alpha value is 1.14. The van der Waals surface area contributed by atoms with Gasteiger partial charge in [-0.3, -0.25) is 0 Å². The van der Waals surface area contributed by atoms with Crippen molar-refractivity contribution in [2.45, 2.75) is 13.8 Å². The van der Waals surface area contributed by atoms with Crippen LogP contribution in [0.5, 0.6) is 0 Å². The first-order valence-corrected chi connectivity index (χ1v) is 1.49. The molecule has 0 unspecified atom stereocenters. The van der Waals surface area contributed by atoms with Crippen LogP contribution in [0.25, 0.3) is 0 Å². The van der Waals surface area contributed by atoms with Crippen LogP contribution >= 0.6 is 54.0 Å². The number of hydrogen-bond acceptors (Lipinski definition) is 0. The highest BCUT2D eigenvalue weighted by atomic mass is 32.1. The normalized spacial score (nSPS) is 4.75. The van der Waals surface area contributed by atoms with E-state index in [-0.39, 0.29) is 54.0 Å². The minimum Gasteiger partial charge on any atom is -0.197 e. The van der Waals surface area contributed by atoms with Crippen LogP contribution in [-0.2, 0) is 0 Å². The summed E-state index contributed by atoms with van der Waals surface area (Å²) in [6, 6.07) is 0. The van der Waals surface area contributed by atoms with Gasteiger partial charge in [0.05, 0.1) is 0 Å². The highest BCUT2D eigenvalue weighted by molar-refractivity contribution is 7.59. The molecular formula is C4H16S4. The van der Waals surface area contributed by atoms with Crippen LogP contribution in [0.2, 0.25) is 0 Å². The van der Waals surface area contributed by atoms with E-state index in [1.54, 1.807) is 0 Å². The molecule has 8 heavy (non-hydrogen) atoms. The molecule has 0 aromatic heterocycles. The molecule has 0 fully saturated rings. The zero-order chi connectivity index (χ0) is 3.41. The molecule has 0 atom stereocenters. The standard InChI is InChI=1S/C4H8.4H2S/c1-3-4-2;;;;/h3-4H,1-2H3;4*1H2. The molecule has 0 amide bonds. The largest absolute Gasteiger partial charge is 0.197 e. The van der Waals surface area contributed by atoms with Crippen LogP contribution in [0.3, 0.4) is 0 Å². The van der Waals surface area contributed by atoms with E-state index in [9.17, 15) is 0 Å². The molecule has 0 N–H and O–H groups in total. The van der Waals surface area contributed by atoms with Gasteiger partial charge in [0.25, 0.3) is 0 Å². The third kappa shape index (κ3) is 58.8. The number of hydrogen-bond donors (Lipinski definition) is 0. The second kappa shape index (κ2) is 42.1. The fourth-order valence-electron chi connectivity index (χ4n) is 0. The Bertz CT molecular complexity index is 23.2. The van der Waals surface area contributed by atoms with Crippen LogP contribution in [-0.4, -0.2) is 0 Å². The van der Waals surface area contributed by atoms with Gasteiger partial charge in [0, 0.05) is 0 Å². The lowest BCUT2D eigenvalue weighted by Crippen LogP contribution is -1.26. The highest BCUT2D eigenvalue weighted by Crippen LogP contribution is 1.57. The minimum absolute atomic E-state index is 0. The molecule has 0 aliphatic heterocycles. The molecule has 0 aliphatic carbocycles. The van der Waals surface area contributed by atoms with Gasteiger partial charge in [-0.2, -0.15) is 54.0 Å². The minimum atomic E-state index is 0. The summed E-state index contributed by atoms with van der Waals surface area (Å²) in [7, 11) is 0. The molecule has 0 saturated carbocycles. The molecule has 0 rings (SSSR count). The van der Waals surface area contributed by atoms with E-state index in [4.69, 9.17) is 0 Å². The van der Waals surface area contributed by atoms with E-state index in [2.05, 4.69) is 0 Å². The van der Waals surface area contributed by atoms with Gasteiger partial charge in [0.1, 0.15) is 0 Å². The van der Waals surface area contributed by atoms with E-state index in [0.29, 0.717) is 0 Å². The Morgan fingerprint density at radius 1 is 0.625 bits per heavy atom. The maximum atomic E-state index is 2.00. The van der Waals surface area contributed by atoms with Crippen LogP contribution in [0.4, 0.5) is 0 Å². The lowest BCUT2D eigenvalue weighted by Gasteiger charge is -1.49. The van der Waals surface area contributed by atoms with Gasteiger partial charge in [0.2, 0.25) is 0 Å². The average molecular weight is 192 g/mol. The fourth-order valence-corrected chi connectivity index (χ4v) is 0. The van der Waals surface area contributed by atoms with Gasteiger partial charge in [-0.15, -0.1) is 0 Å². The molecule has 0 aromatic carbocycles. The van der Waals surface area contributed by atoms with Crippen molar-refractivity contribution in [3.63, 3.8) is 0 Å². The van der Waals surface area contributed by atoms with Crippen molar-refractivity contribution in [2.75, 3.05) is 0 Å². The summed E-state index contributed by atoms with van der Waals surface area (Å²) in [5.41, 5.74) is 0. The summed E-state index contributed by atoms with van der Waals surface area (Å²) in [4.78, 5) is 0. The van der Waals surface area contributed by atoms with Crippen molar-refractivity contribution >= 4 is 54.0 Å². The van der Waals surface area contributed by atoms with Crippen LogP contribution in [0, 0.1) is 0 Å². The van der Waals surface area contributed by atoms with Gasteiger partial charge in [-0.1, -0.05) is 12.2 Å². The zero-order valence-corrected chi connectivity index (χ0v) is 9.15. The quantitative estimate of drug-likeness (QED) is 0.515. The van der Waals surface area contributed by atoms with Crippen LogP contribution in [0.1, 0.15) is 13.8 Å². The third-order valence-corrected chi connectivity index (χ3v) is 0.333. The Balaban J connectivity index is -0.00000000750. The zero-order valence-electron chi connectivity index (χ0n) is 5.15. The summed E-state index contributed by atoms with van der Waals surface area (Å²) in [6.45, 7) is 4.00. The van der Waals surface area contributed by atoms with E-state index < -0.39 is 0 Å². The Labute approximate surface area is 79.9 Å². The maximum absolute atomic E-state index is 2.00. The summed E-state index contributed by atoms with van der Waals surface area (Å²) in [5, 5.41) is 0. The Morgan fingerprint density at radius 3 is 0.750 bits per heavy atom. The van der Waals surface area contributed by atoms with Gasteiger partial charge in [-0.25, -0.2) is 0 Å². The first kappa shape index (κ1) is 35.3. The summed E-state index contributed by atoms with van der Waals surface area (Å²) in [5.74, 6) is 0. The summed E-state index contributed by atoms with van der Waals surface area (Å²) >= 11 is 0. The van der Waals surface area contributed by atoms with E-state index in [1.165, 1.54) is 0 Å². The summed E-state index contributed by atoms with van der Waals surface area (Å²) in [6.07, 6.45) is 4.00. The van der Waals surface area contributed by atoms with E-state index in [1.807, 2.05) is 26.0 Å². The molecule has 0 radical (unpaired) electrons. The van der Waals surface area contributed by atoms with Gasteiger partial charge < -0.3 is 0 Å². The van der Waals surface area contributed by atoms with Crippen molar-refractivity contribution in [1.29, 1.82) is 0 Å². The third-order valence-electron chi connectivity index (χ3n) is 0.333. The van der Waals surface area contributed by atoms with E-state index in [0.717, 1.165) is 0 Å². The van der Waals surface area contributed by atoms with Crippen molar-refractivity contribution in [1.82, 2.24) is 0 Å². The smallest absolute Gasteiger partial charge is 0.0470 e. The molecule has 4 heteroatoms. The molecule has 0 spiro atoms. The Morgan fingerprint density at radius 2 is 0.750 bits per heavy atom. The van der Waals surface area contributed by atoms with Crippen molar-refractivity contribution < 1.29 is 0 Å². The van der Waals surface area contributed by atoms with E-state index >= 15 is 0 Å². The summed E-state index contributed by atoms with van der Waals surface area (Å²) < 4.78 is 0. The van der Waals surface area contributed by atoms with Crippen molar-refractivity contribution in [3.05, 3.63) is 12.2 Å². The topological polar surface area (TPSA) is 0 Å². The van der Waals surface area contributed by atoms with Crippen LogP contribution < -0.4 is 0 Å². The first-order chi connectivity index (χ1) is 1.91. The second-order valence-electron chi connectivity index (χ2n) is 0.667. The number of rotatable bonds is 0. The first-order valence-electron chi connectivity index (χ1n) is 1.49. The molecule has 0 nitrogen and oxygen atoms in total. The molecule has 56 valence electrons. The molecule has 0 heterocycles. The lowest BCUT2D eigenvalue weighted by molar-refractivity contribution is 1.64. The Kier molecular flexibility index (Phi) is 186. The van der Waals surface area contributed by atoms with Gasteiger partial charge in [0.15, 0.2) is 0 Å². The predicted octanol–water partition coefficient (Wildman–Crippen LogP) is 2.03. The maximum Gasteiger partial charge on any atom is -0.0470 e. The molecule has 0 aromatic rings.